The summed E-state index contributed by atoms with van der Waals surface area (Å²) in [7, 11) is 1.56. The van der Waals surface area contributed by atoms with Crippen molar-refractivity contribution in [2.75, 3.05) is 33.5 Å². The number of carbonyl (C=O) groups excluding carboxylic acids is 2. The van der Waals surface area contributed by atoms with E-state index >= 15 is 0 Å². The van der Waals surface area contributed by atoms with Crippen molar-refractivity contribution in [3.8, 4) is 0 Å². The summed E-state index contributed by atoms with van der Waals surface area (Å²) in [5, 5.41) is 7.66. The molecule has 32 heavy (non-hydrogen) atoms. The summed E-state index contributed by atoms with van der Waals surface area (Å²) in [6.07, 6.45) is 2.30. The Bertz CT molecular complexity index is 935. The van der Waals surface area contributed by atoms with Crippen LogP contribution in [-0.2, 0) is 23.8 Å². The van der Waals surface area contributed by atoms with Crippen LogP contribution in [0.15, 0.2) is 44.9 Å². The third-order valence-corrected chi connectivity index (χ3v) is 7.26. The summed E-state index contributed by atoms with van der Waals surface area (Å²) in [5.41, 5.74) is 1.93. The van der Waals surface area contributed by atoms with E-state index in [2.05, 4.69) is 10.3 Å². The van der Waals surface area contributed by atoms with Crippen molar-refractivity contribution < 1.29 is 23.8 Å². The Balaban J connectivity index is 1.53. The van der Waals surface area contributed by atoms with E-state index in [4.69, 9.17) is 14.2 Å². The van der Waals surface area contributed by atoms with Gasteiger partial charge in [-0.25, -0.2) is 9.79 Å². The van der Waals surface area contributed by atoms with Gasteiger partial charge in [-0.3, -0.25) is 4.79 Å². The van der Waals surface area contributed by atoms with Gasteiger partial charge in [0.2, 0.25) is 5.91 Å². The van der Waals surface area contributed by atoms with Crippen molar-refractivity contribution in [2.24, 2.45) is 4.99 Å². The zero-order valence-corrected chi connectivity index (χ0v) is 19.8. The van der Waals surface area contributed by atoms with Crippen LogP contribution in [0.4, 0.5) is 0 Å². The molecule has 0 spiro atoms. The first-order valence-electron chi connectivity index (χ1n) is 10.6. The molecule has 1 N–H and O–H groups in total. The van der Waals surface area contributed by atoms with Gasteiger partial charge in [0.05, 0.1) is 30.4 Å². The quantitative estimate of drug-likeness (QED) is 0.432. The number of methoxy groups -OCH3 is 1. The molecule has 2 atom stereocenters. The number of aliphatic imine (C=N–C) groups is 1. The van der Waals surface area contributed by atoms with Gasteiger partial charge in [0.25, 0.3) is 0 Å². The number of thioether (sulfide) groups is 1. The molecule has 8 nitrogen and oxygen atoms in total. The number of thiophene rings is 1. The highest BCUT2D eigenvalue weighted by molar-refractivity contribution is 8.16. The molecule has 0 saturated carbocycles. The van der Waals surface area contributed by atoms with E-state index < -0.39 is 5.97 Å². The molecule has 4 heterocycles. The molecule has 1 amide bonds. The van der Waals surface area contributed by atoms with Crippen LogP contribution in [0.5, 0.6) is 0 Å². The number of allylic oxidation sites excluding steroid dienone is 1. The summed E-state index contributed by atoms with van der Waals surface area (Å²) in [6.45, 7) is 3.59. The lowest BCUT2D eigenvalue weighted by molar-refractivity contribution is -0.141. The molecule has 0 aromatic carbocycles. The van der Waals surface area contributed by atoms with E-state index in [1.807, 2.05) is 34.7 Å². The second kappa shape index (κ2) is 10.7. The molecule has 4 rings (SSSR count). The van der Waals surface area contributed by atoms with Crippen LogP contribution in [-0.4, -0.2) is 61.5 Å². The summed E-state index contributed by atoms with van der Waals surface area (Å²) < 4.78 is 16.0. The normalized spacial score (nSPS) is 22.5. The molecule has 0 aliphatic carbocycles. The Hall–Kier alpha value is -2.14. The topological polar surface area (TPSA) is 89.5 Å². The molecular formula is C22H27N3O5S2. The number of nitrogens with one attached hydrogen (secondary N) is 1. The van der Waals surface area contributed by atoms with E-state index in [9.17, 15) is 9.59 Å². The van der Waals surface area contributed by atoms with Gasteiger partial charge in [-0.05, 0) is 36.6 Å². The summed E-state index contributed by atoms with van der Waals surface area (Å²) >= 11 is 3.03. The standard InChI is InChI=1S/C22H27N3O5S2/c1-14-19(21(27)30-9-8-28-2)20(17-6-4-10-31-17)25-15(13-32-22(25)24-14)11-18(26)23-12-16-5-3-7-29-16/h4,6,10,13,16,20H,3,5,7-9,11-12H2,1-2H3,(H,23,26). The third kappa shape index (κ3) is 5.09. The number of hydrogen-bond donors (Lipinski definition) is 1. The van der Waals surface area contributed by atoms with Crippen LogP contribution < -0.4 is 5.32 Å². The first-order valence-corrected chi connectivity index (χ1v) is 12.4. The minimum atomic E-state index is -0.417. The van der Waals surface area contributed by atoms with Gasteiger partial charge in [0.15, 0.2) is 5.17 Å². The van der Waals surface area contributed by atoms with Gasteiger partial charge in [0.1, 0.15) is 12.6 Å². The highest BCUT2D eigenvalue weighted by Crippen LogP contribution is 2.45. The average Bonchev–Trinajstić information content (AvgIpc) is 3.54. The maximum atomic E-state index is 13.0. The average molecular weight is 478 g/mol. The smallest absolute Gasteiger partial charge is 0.338 e. The van der Waals surface area contributed by atoms with Gasteiger partial charge >= 0.3 is 5.97 Å². The van der Waals surface area contributed by atoms with Crippen molar-refractivity contribution in [3.05, 3.63) is 44.8 Å². The van der Waals surface area contributed by atoms with Crippen molar-refractivity contribution in [3.63, 3.8) is 0 Å². The first-order chi connectivity index (χ1) is 15.6. The van der Waals surface area contributed by atoms with Crippen molar-refractivity contribution >= 4 is 40.1 Å². The molecule has 3 aliphatic heterocycles. The van der Waals surface area contributed by atoms with E-state index in [0.717, 1.165) is 35.2 Å². The maximum absolute atomic E-state index is 13.0. The fourth-order valence-corrected chi connectivity index (χ4v) is 5.69. The van der Waals surface area contributed by atoms with E-state index in [-0.39, 0.29) is 31.1 Å². The van der Waals surface area contributed by atoms with E-state index in [1.54, 1.807) is 18.4 Å². The highest BCUT2D eigenvalue weighted by atomic mass is 32.2. The zero-order chi connectivity index (χ0) is 22.5. The Morgan fingerprint density at radius 1 is 1.38 bits per heavy atom. The zero-order valence-electron chi connectivity index (χ0n) is 18.2. The van der Waals surface area contributed by atoms with Crippen LogP contribution in [0.3, 0.4) is 0 Å². The first kappa shape index (κ1) is 23.0. The number of carbonyl (C=O) groups is 2. The van der Waals surface area contributed by atoms with Gasteiger partial charge in [0, 0.05) is 30.8 Å². The van der Waals surface area contributed by atoms with Crippen molar-refractivity contribution in [1.82, 2.24) is 10.2 Å². The molecule has 1 aromatic rings. The van der Waals surface area contributed by atoms with E-state index in [1.165, 1.54) is 11.8 Å². The lowest BCUT2D eigenvalue weighted by atomic mass is 9.99. The fraction of sp³-hybridized carbons (Fsp3) is 0.500. The number of amides is 1. The summed E-state index contributed by atoms with van der Waals surface area (Å²) in [6, 6.07) is 3.56. The molecule has 0 radical (unpaired) electrons. The number of hydrogen-bond acceptors (Lipinski definition) is 9. The SMILES string of the molecule is COCCOC(=O)C1=C(C)N=C2SC=C(CC(=O)NCC3CCCO3)N2C1c1cccs1. The Labute approximate surface area is 195 Å². The number of amidine groups is 1. The molecule has 2 unspecified atom stereocenters. The Kier molecular flexibility index (Phi) is 7.67. The lowest BCUT2D eigenvalue weighted by Gasteiger charge is -2.35. The molecule has 3 aliphatic rings. The molecule has 1 saturated heterocycles. The predicted molar refractivity (Wildman–Crippen MR) is 124 cm³/mol. The minimum absolute atomic E-state index is 0.0750. The van der Waals surface area contributed by atoms with Crippen LogP contribution >= 0.6 is 23.1 Å². The number of nitrogens with zero attached hydrogens (tertiary/aromatic N) is 2. The molecule has 10 heteroatoms. The number of fused-ring (bicyclic) bond motifs is 1. The van der Waals surface area contributed by atoms with Crippen LogP contribution in [0.1, 0.15) is 37.1 Å². The summed E-state index contributed by atoms with van der Waals surface area (Å²) in [5.74, 6) is -0.492. The van der Waals surface area contributed by atoms with E-state index in [0.29, 0.717) is 24.4 Å². The van der Waals surface area contributed by atoms with Gasteiger partial charge < -0.3 is 24.4 Å². The Morgan fingerprint density at radius 3 is 2.97 bits per heavy atom. The van der Waals surface area contributed by atoms with Crippen molar-refractivity contribution in [2.45, 2.75) is 38.3 Å². The maximum Gasteiger partial charge on any atom is 0.338 e. The summed E-state index contributed by atoms with van der Waals surface area (Å²) in [4.78, 5) is 33.3. The van der Waals surface area contributed by atoms with Gasteiger partial charge in [-0.1, -0.05) is 17.8 Å². The molecule has 0 bridgehead atoms. The molecule has 1 aromatic heterocycles. The van der Waals surface area contributed by atoms with Crippen LogP contribution in [0.25, 0.3) is 0 Å². The van der Waals surface area contributed by atoms with Crippen molar-refractivity contribution in [1.29, 1.82) is 0 Å². The second-order valence-corrected chi connectivity index (χ2v) is 9.47. The highest BCUT2D eigenvalue weighted by Gasteiger charge is 2.41. The predicted octanol–water partition coefficient (Wildman–Crippen LogP) is 3.20. The number of rotatable bonds is 9. The van der Waals surface area contributed by atoms with Crippen LogP contribution in [0.2, 0.25) is 0 Å². The van der Waals surface area contributed by atoms with Gasteiger partial charge in [-0.15, -0.1) is 11.3 Å². The molecular weight excluding hydrogens is 450 g/mol. The molecule has 172 valence electrons. The van der Waals surface area contributed by atoms with Crippen LogP contribution in [0, 0.1) is 0 Å². The minimum Gasteiger partial charge on any atom is -0.460 e. The largest absolute Gasteiger partial charge is 0.460 e. The molecule has 1 fully saturated rings. The third-order valence-electron chi connectivity index (χ3n) is 5.45. The Morgan fingerprint density at radius 2 is 2.25 bits per heavy atom. The second-order valence-electron chi connectivity index (χ2n) is 7.65. The number of ether oxygens (including phenoxy) is 3. The van der Waals surface area contributed by atoms with Gasteiger partial charge in [-0.2, -0.15) is 0 Å². The fourth-order valence-electron chi connectivity index (χ4n) is 3.90. The monoisotopic (exact) mass is 477 g/mol. The number of esters is 1. The lowest BCUT2D eigenvalue weighted by Crippen LogP contribution is -2.38.